The second-order valence-electron chi connectivity index (χ2n) is 4.80. The van der Waals surface area contributed by atoms with Crippen molar-refractivity contribution in [2.24, 2.45) is 0 Å². The third-order valence-electron chi connectivity index (χ3n) is 3.41. The molecule has 0 aliphatic heterocycles. The molecular weight excluding hydrogens is 332 g/mol. The van der Waals surface area contributed by atoms with Crippen LogP contribution in [0.3, 0.4) is 0 Å². The maximum absolute atomic E-state index is 12.6. The second kappa shape index (κ2) is 5.57. The van der Waals surface area contributed by atoms with Crippen LogP contribution >= 0.6 is 22.9 Å². The zero-order chi connectivity index (χ0) is 15.8. The highest BCUT2D eigenvalue weighted by Crippen LogP contribution is 2.23. The minimum atomic E-state index is -0.0751. The third-order valence-corrected chi connectivity index (χ3v) is 4.51. The molecule has 4 rings (SSSR count). The van der Waals surface area contributed by atoms with Gasteiger partial charge in [0.2, 0.25) is 5.78 Å². The van der Waals surface area contributed by atoms with Crippen LogP contribution < -0.4 is 0 Å². The van der Waals surface area contributed by atoms with E-state index in [2.05, 4.69) is 15.1 Å². The molecule has 0 atom stereocenters. The maximum atomic E-state index is 12.6. The SMILES string of the molecule is O=C(c1cccs1)c1cnn2c(-c3ccc(Cl)nc3)ccnc12. The molecule has 0 saturated heterocycles. The molecule has 0 radical (unpaired) electrons. The number of carbonyl (C=O) groups excluding carboxylic acids is 1. The van der Waals surface area contributed by atoms with Gasteiger partial charge in [0.1, 0.15) is 5.15 Å². The normalized spacial score (nSPS) is 11.0. The topological polar surface area (TPSA) is 60.2 Å². The first-order valence-corrected chi connectivity index (χ1v) is 8.02. The minimum absolute atomic E-state index is 0.0751. The van der Waals surface area contributed by atoms with Gasteiger partial charge in [-0.2, -0.15) is 5.10 Å². The minimum Gasteiger partial charge on any atom is -0.287 e. The lowest BCUT2D eigenvalue weighted by molar-refractivity contribution is 0.104. The second-order valence-corrected chi connectivity index (χ2v) is 6.13. The smallest absolute Gasteiger partial charge is 0.208 e. The van der Waals surface area contributed by atoms with Crippen molar-refractivity contribution in [2.45, 2.75) is 0 Å². The molecule has 7 heteroatoms. The van der Waals surface area contributed by atoms with Crippen molar-refractivity contribution in [2.75, 3.05) is 0 Å². The van der Waals surface area contributed by atoms with Crippen molar-refractivity contribution >= 4 is 34.4 Å². The monoisotopic (exact) mass is 340 g/mol. The third kappa shape index (κ3) is 2.42. The summed E-state index contributed by atoms with van der Waals surface area (Å²) >= 11 is 7.23. The highest BCUT2D eigenvalue weighted by atomic mass is 35.5. The Bertz CT molecular complexity index is 993. The van der Waals surface area contributed by atoms with Gasteiger partial charge >= 0.3 is 0 Å². The highest BCUT2D eigenvalue weighted by Gasteiger charge is 2.18. The van der Waals surface area contributed by atoms with Gasteiger partial charge in [-0.3, -0.25) is 4.79 Å². The lowest BCUT2D eigenvalue weighted by Crippen LogP contribution is -2.01. The van der Waals surface area contributed by atoms with Gasteiger partial charge in [-0.1, -0.05) is 17.7 Å². The van der Waals surface area contributed by atoms with Crippen LogP contribution in [0.5, 0.6) is 0 Å². The number of thiophene rings is 1. The molecule has 112 valence electrons. The number of ketones is 1. The van der Waals surface area contributed by atoms with E-state index in [4.69, 9.17) is 11.6 Å². The van der Waals surface area contributed by atoms with Gasteiger partial charge in [0, 0.05) is 18.0 Å². The standard InChI is InChI=1S/C16H9ClN4OS/c17-14-4-3-10(8-19-14)12-5-6-18-16-11(9-20-21(12)16)15(22)13-2-1-7-23-13/h1-9H. The first-order chi connectivity index (χ1) is 11.2. The van der Waals surface area contributed by atoms with E-state index in [0.29, 0.717) is 21.2 Å². The summed E-state index contributed by atoms with van der Waals surface area (Å²) in [5.74, 6) is -0.0751. The zero-order valence-corrected chi connectivity index (χ0v) is 13.3. The molecule has 0 saturated carbocycles. The number of aromatic nitrogens is 4. The number of rotatable bonds is 3. The number of nitrogens with zero attached hydrogens (tertiary/aromatic N) is 4. The number of hydrogen-bond acceptors (Lipinski definition) is 5. The fourth-order valence-corrected chi connectivity index (χ4v) is 3.13. The van der Waals surface area contributed by atoms with E-state index in [1.165, 1.54) is 11.3 Å². The van der Waals surface area contributed by atoms with Gasteiger partial charge in [0.15, 0.2) is 5.65 Å². The van der Waals surface area contributed by atoms with Crippen molar-refractivity contribution in [3.05, 3.63) is 69.9 Å². The largest absolute Gasteiger partial charge is 0.287 e. The average molecular weight is 341 g/mol. The summed E-state index contributed by atoms with van der Waals surface area (Å²) < 4.78 is 1.64. The van der Waals surface area contributed by atoms with Crippen LogP contribution in [0.2, 0.25) is 5.15 Å². The van der Waals surface area contributed by atoms with E-state index in [1.807, 2.05) is 23.6 Å². The van der Waals surface area contributed by atoms with Gasteiger partial charge in [-0.05, 0) is 29.6 Å². The summed E-state index contributed by atoms with van der Waals surface area (Å²) in [5, 5.41) is 6.62. The predicted molar refractivity (Wildman–Crippen MR) is 89.0 cm³/mol. The zero-order valence-electron chi connectivity index (χ0n) is 11.7. The van der Waals surface area contributed by atoms with E-state index in [9.17, 15) is 4.79 Å². The molecule has 0 fully saturated rings. The van der Waals surface area contributed by atoms with E-state index in [1.54, 1.807) is 35.2 Å². The van der Waals surface area contributed by atoms with Crippen LogP contribution in [-0.2, 0) is 0 Å². The van der Waals surface area contributed by atoms with Crippen molar-refractivity contribution in [1.29, 1.82) is 0 Å². The Labute approximate surface area is 140 Å². The molecular formula is C16H9ClN4OS. The molecule has 4 aromatic rings. The Morgan fingerprint density at radius 3 is 2.78 bits per heavy atom. The van der Waals surface area contributed by atoms with Gasteiger partial charge in [0.25, 0.3) is 0 Å². The summed E-state index contributed by atoms with van der Waals surface area (Å²) in [6.07, 6.45) is 4.88. The van der Waals surface area contributed by atoms with E-state index in [-0.39, 0.29) is 5.78 Å². The van der Waals surface area contributed by atoms with Crippen LogP contribution in [0, 0.1) is 0 Å². The van der Waals surface area contributed by atoms with Crippen LogP contribution in [-0.4, -0.2) is 25.4 Å². The average Bonchev–Trinajstić information content (AvgIpc) is 3.24. The quantitative estimate of drug-likeness (QED) is 0.421. The lowest BCUT2D eigenvalue weighted by Gasteiger charge is -2.04. The molecule has 0 amide bonds. The number of fused-ring (bicyclic) bond motifs is 1. The molecule has 0 N–H and O–H groups in total. The summed E-state index contributed by atoms with van der Waals surface area (Å²) in [6.45, 7) is 0. The first-order valence-electron chi connectivity index (χ1n) is 6.77. The fraction of sp³-hybridized carbons (Fsp3) is 0. The van der Waals surface area contributed by atoms with Crippen LogP contribution in [0.1, 0.15) is 15.2 Å². The number of hydrogen-bond donors (Lipinski definition) is 0. The Morgan fingerprint density at radius 1 is 1.13 bits per heavy atom. The summed E-state index contributed by atoms with van der Waals surface area (Å²) in [7, 11) is 0. The predicted octanol–water partition coefficient (Wildman–Crippen LogP) is 3.74. The summed E-state index contributed by atoms with van der Waals surface area (Å²) in [4.78, 5) is 21.6. The van der Waals surface area contributed by atoms with Gasteiger partial charge in [-0.15, -0.1) is 11.3 Å². The van der Waals surface area contributed by atoms with Crippen molar-refractivity contribution in [1.82, 2.24) is 19.6 Å². The molecule has 5 nitrogen and oxygen atoms in total. The van der Waals surface area contributed by atoms with E-state index in [0.717, 1.165) is 11.3 Å². The Morgan fingerprint density at radius 2 is 2.04 bits per heavy atom. The van der Waals surface area contributed by atoms with E-state index < -0.39 is 0 Å². The summed E-state index contributed by atoms with van der Waals surface area (Å²) in [6, 6.07) is 9.03. The number of carbonyl (C=O) groups is 1. The molecule has 4 aromatic heterocycles. The van der Waals surface area contributed by atoms with Crippen molar-refractivity contribution < 1.29 is 4.79 Å². The number of halogens is 1. The molecule has 0 aliphatic rings. The molecule has 0 bridgehead atoms. The van der Waals surface area contributed by atoms with Gasteiger partial charge < -0.3 is 0 Å². The van der Waals surface area contributed by atoms with Gasteiger partial charge in [-0.25, -0.2) is 14.5 Å². The first kappa shape index (κ1) is 14.0. The Hall–Kier alpha value is -2.57. The maximum Gasteiger partial charge on any atom is 0.208 e. The van der Waals surface area contributed by atoms with Crippen molar-refractivity contribution in [3.8, 4) is 11.3 Å². The molecule has 4 heterocycles. The van der Waals surface area contributed by atoms with E-state index >= 15 is 0 Å². The van der Waals surface area contributed by atoms with Crippen LogP contribution in [0.15, 0.2) is 54.3 Å². The molecule has 0 aromatic carbocycles. The number of pyridine rings is 1. The Kier molecular flexibility index (Phi) is 3.40. The van der Waals surface area contributed by atoms with Crippen molar-refractivity contribution in [3.63, 3.8) is 0 Å². The Balaban J connectivity index is 1.87. The molecule has 0 unspecified atom stereocenters. The van der Waals surface area contributed by atoms with Gasteiger partial charge in [0.05, 0.1) is 22.3 Å². The summed E-state index contributed by atoms with van der Waals surface area (Å²) in [5.41, 5.74) is 2.65. The fourth-order valence-electron chi connectivity index (χ4n) is 2.34. The molecule has 0 aliphatic carbocycles. The van der Waals surface area contributed by atoms with Crippen LogP contribution in [0.4, 0.5) is 0 Å². The van der Waals surface area contributed by atoms with Crippen LogP contribution in [0.25, 0.3) is 16.9 Å². The molecule has 23 heavy (non-hydrogen) atoms. The lowest BCUT2D eigenvalue weighted by atomic mass is 10.2. The molecule has 0 spiro atoms. The highest BCUT2D eigenvalue weighted by molar-refractivity contribution is 7.12.